The molecular formula is C38H23NOS2. The quantitative estimate of drug-likeness (QED) is 0.208. The van der Waals surface area contributed by atoms with Crippen LogP contribution in [0.4, 0.5) is 17.1 Å². The zero-order chi connectivity index (χ0) is 27.6. The number of rotatable bonds is 4. The lowest BCUT2D eigenvalue weighted by Gasteiger charge is -2.26. The molecule has 0 aliphatic heterocycles. The number of hydrogen-bond donors (Lipinski definition) is 0. The lowest BCUT2D eigenvalue weighted by atomic mass is 10.0. The van der Waals surface area contributed by atoms with Gasteiger partial charge < -0.3 is 9.32 Å². The molecular weight excluding hydrogens is 551 g/mol. The van der Waals surface area contributed by atoms with Crippen LogP contribution < -0.4 is 4.90 Å². The predicted molar refractivity (Wildman–Crippen MR) is 182 cm³/mol. The van der Waals surface area contributed by atoms with E-state index >= 15 is 0 Å². The summed E-state index contributed by atoms with van der Waals surface area (Å²) in [5.74, 6) is 0. The van der Waals surface area contributed by atoms with E-state index in [2.05, 4.69) is 144 Å². The standard InChI is InChI=1S/C38H23NOS2/c1-2-8-24(9-3-1)25-14-16-26(17-15-25)39(27-19-21-36-32(22-27)29-10-4-6-12-34(29)41-36)28-18-20-30-33(23-28)40-37-31-11-5-7-13-35(31)42-38(30)37/h1-23H. The molecule has 42 heavy (non-hydrogen) atoms. The second-order valence-corrected chi connectivity index (χ2v) is 12.7. The fourth-order valence-corrected chi connectivity index (χ4v) is 8.31. The highest BCUT2D eigenvalue weighted by molar-refractivity contribution is 7.26. The monoisotopic (exact) mass is 573 g/mol. The zero-order valence-electron chi connectivity index (χ0n) is 22.5. The van der Waals surface area contributed by atoms with Crippen LogP contribution >= 0.6 is 22.7 Å². The summed E-state index contributed by atoms with van der Waals surface area (Å²) in [6.07, 6.45) is 0. The summed E-state index contributed by atoms with van der Waals surface area (Å²) in [4.78, 5) is 2.34. The van der Waals surface area contributed by atoms with Gasteiger partial charge in [-0.05, 0) is 71.8 Å². The molecule has 0 atom stereocenters. The van der Waals surface area contributed by atoms with E-state index in [4.69, 9.17) is 4.42 Å². The highest BCUT2D eigenvalue weighted by atomic mass is 32.1. The minimum Gasteiger partial charge on any atom is -0.454 e. The molecule has 0 spiro atoms. The number of benzene rings is 6. The van der Waals surface area contributed by atoms with Crippen LogP contribution in [0, 0.1) is 0 Å². The second-order valence-electron chi connectivity index (χ2n) is 10.6. The zero-order valence-corrected chi connectivity index (χ0v) is 24.1. The fraction of sp³-hybridized carbons (Fsp3) is 0. The average Bonchev–Trinajstić information content (AvgIpc) is 3.71. The number of nitrogens with zero attached hydrogens (tertiary/aromatic N) is 1. The third kappa shape index (κ3) is 3.69. The van der Waals surface area contributed by atoms with Crippen molar-refractivity contribution in [1.82, 2.24) is 0 Å². The molecule has 0 saturated heterocycles. The van der Waals surface area contributed by atoms with E-state index in [-0.39, 0.29) is 0 Å². The third-order valence-electron chi connectivity index (χ3n) is 8.08. The summed E-state index contributed by atoms with van der Waals surface area (Å²) < 4.78 is 11.6. The average molecular weight is 574 g/mol. The molecule has 9 rings (SSSR count). The number of hydrogen-bond acceptors (Lipinski definition) is 4. The Labute approximate surface area is 250 Å². The molecule has 198 valence electrons. The molecule has 3 heterocycles. The molecule has 0 amide bonds. The van der Waals surface area contributed by atoms with Gasteiger partial charge in [0.1, 0.15) is 5.58 Å². The van der Waals surface area contributed by atoms with E-state index in [1.807, 2.05) is 11.3 Å². The van der Waals surface area contributed by atoms with Gasteiger partial charge in [0.2, 0.25) is 0 Å². The molecule has 3 aromatic heterocycles. The van der Waals surface area contributed by atoms with Crippen LogP contribution in [-0.2, 0) is 0 Å². The molecule has 6 aromatic carbocycles. The lowest BCUT2D eigenvalue weighted by Crippen LogP contribution is -2.09. The number of fused-ring (bicyclic) bond motifs is 8. The Hall–Kier alpha value is -4.90. The number of anilines is 3. The van der Waals surface area contributed by atoms with E-state index in [0.717, 1.165) is 33.6 Å². The molecule has 0 radical (unpaired) electrons. The van der Waals surface area contributed by atoms with Crippen molar-refractivity contribution in [3.05, 3.63) is 140 Å². The SMILES string of the molecule is c1ccc(-c2ccc(N(c3ccc4c(c3)oc3c5ccccc5sc43)c3ccc4sc5ccccc5c4c3)cc2)cc1. The Kier molecular flexibility index (Phi) is 5.27. The molecule has 0 bridgehead atoms. The predicted octanol–water partition coefficient (Wildman–Crippen LogP) is 12.3. The molecule has 0 fully saturated rings. The lowest BCUT2D eigenvalue weighted by molar-refractivity contribution is 0.673. The van der Waals surface area contributed by atoms with Gasteiger partial charge in [-0.25, -0.2) is 0 Å². The third-order valence-corrected chi connectivity index (χ3v) is 10.4. The summed E-state index contributed by atoms with van der Waals surface area (Å²) in [6, 6.07) is 50.0. The first-order valence-corrected chi connectivity index (χ1v) is 15.6. The molecule has 0 aliphatic carbocycles. The van der Waals surface area contributed by atoms with Crippen molar-refractivity contribution in [2.75, 3.05) is 4.90 Å². The maximum atomic E-state index is 6.55. The van der Waals surface area contributed by atoms with Crippen molar-refractivity contribution in [1.29, 1.82) is 0 Å². The van der Waals surface area contributed by atoms with Crippen molar-refractivity contribution < 1.29 is 4.42 Å². The van der Waals surface area contributed by atoms with E-state index in [9.17, 15) is 0 Å². The normalized spacial score (nSPS) is 11.8. The van der Waals surface area contributed by atoms with Crippen molar-refractivity contribution in [2.24, 2.45) is 0 Å². The van der Waals surface area contributed by atoms with E-state index in [1.54, 1.807) is 11.3 Å². The van der Waals surface area contributed by atoms with Crippen LogP contribution in [0.5, 0.6) is 0 Å². The summed E-state index contributed by atoms with van der Waals surface area (Å²) in [7, 11) is 0. The highest BCUT2D eigenvalue weighted by Gasteiger charge is 2.19. The van der Waals surface area contributed by atoms with Gasteiger partial charge in [0.05, 0.1) is 4.70 Å². The fourth-order valence-electron chi connectivity index (χ4n) is 6.07. The first kappa shape index (κ1) is 23.8. The maximum Gasteiger partial charge on any atom is 0.154 e. The van der Waals surface area contributed by atoms with Gasteiger partial charge in [0.25, 0.3) is 0 Å². The van der Waals surface area contributed by atoms with Crippen LogP contribution in [0.25, 0.3) is 62.6 Å². The van der Waals surface area contributed by atoms with Crippen molar-refractivity contribution in [3.63, 3.8) is 0 Å². The van der Waals surface area contributed by atoms with Gasteiger partial charge in [-0.1, -0.05) is 72.8 Å². The van der Waals surface area contributed by atoms with Crippen LogP contribution in [-0.4, -0.2) is 0 Å². The summed E-state index contributed by atoms with van der Waals surface area (Å²) >= 11 is 3.65. The van der Waals surface area contributed by atoms with Gasteiger partial charge >= 0.3 is 0 Å². The largest absolute Gasteiger partial charge is 0.454 e. The first-order valence-electron chi connectivity index (χ1n) is 14.0. The minimum atomic E-state index is 0.910. The topological polar surface area (TPSA) is 16.4 Å². The van der Waals surface area contributed by atoms with Crippen molar-refractivity contribution in [3.8, 4) is 11.1 Å². The van der Waals surface area contributed by atoms with Gasteiger partial charge in [0.15, 0.2) is 5.58 Å². The van der Waals surface area contributed by atoms with Crippen LogP contribution in [0.15, 0.2) is 144 Å². The molecule has 9 aromatic rings. The molecule has 0 N–H and O–H groups in total. The Bertz CT molecular complexity index is 2410. The second kappa shape index (κ2) is 9.31. The van der Waals surface area contributed by atoms with Gasteiger partial charge in [-0.15, -0.1) is 22.7 Å². The molecule has 4 heteroatoms. The van der Waals surface area contributed by atoms with Gasteiger partial charge in [-0.3, -0.25) is 0 Å². The minimum absolute atomic E-state index is 0.910. The maximum absolute atomic E-state index is 6.55. The molecule has 0 aliphatic rings. The highest BCUT2D eigenvalue weighted by Crippen LogP contribution is 2.45. The smallest absolute Gasteiger partial charge is 0.154 e. The van der Waals surface area contributed by atoms with Crippen LogP contribution in [0.1, 0.15) is 0 Å². The van der Waals surface area contributed by atoms with E-state index in [1.165, 1.54) is 46.1 Å². The summed E-state index contributed by atoms with van der Waals surface area (Å²) in [6.45, 7) is 0. The van der Waals surface area contributed by atoms with Crippen molar-refractivity contribution in [2.45, 2.75) is 0 Å². The first-order chi connectivity index (χ1) is 20.8. The Morgan fingerprint density at radius 3 is 1.88 bits per heavy atom. The number of furan rings is 1. The van der Waals surface area contributed by atoms with Crippen LogP contribution in [0.3, 0.4) is 0 Å². The van der Waals surface area contributed by atoms with Crippen molar-refractivity contribution >= 4 is 91.2 Å². The Balaban J connectivity index is 1.23. The summed E-state index contributed by atoms with van der Waals surface area (Å²) in [5.41, 5.74) is 7.60. The van der Waals surface area contributed by atoms with E-state index in [0.29, 0.717) is 0 Å². The Morgan fingerprint density at radius 1 is 0.429 bits per heavy atom. The molecule has 2 nitrogen and oxygen atoms in total. The van der Waals surface area contributed by atoms with Crippen LogP contribution in [0.2, 0.25) is 0 Å². The van der Waals surface area contributed by atoms with E-state index < -0.39 is 0 Å². The molecule has 0 unspecified atom stereocenters. The summed E-state index contributed by atoms with van der Waals surface area (Å²) in [5, 5.41) is 4.92. The number of thiophene rings is 2. The van der Waals surface area contributed by atoms with Gasteiger partial charge in [-0.2, -0.15) is 0 Å². The molecule has 0 saturated carbocycles. The van der Waals surface area contributed by atoms with Gasteiger partial charge in [0, 0.05) is 58.8 Å². The Morgan fingerprint density at radius 2 is 1.05 bits per heavy atom.